The van der Waals surface area contributed by atoms with E-state index in [0.717, 1.165) is 12.0 Å². The van der Waals surface area contributed by atoms with E-state index in [0.29, 0.717) is 13.0 Å². The molecule has 0 aromatic rings. The third-order valence-electron chi connectivity index (χ3n) is 4.29. The number of esters is 1. The van der Waals surface area contributed by atoms with Gasteiger partial charge in [-0.15, -0.1) is 0 Å². The molecule has 0 aromatic carbocycles. The van der Waals surface area contributed by atoms with E-state index in [1.165, 1.54) is 0 Å². The molecule has 1 aliphatic heterocycles. The average molecular weight is 233 g/mol. The van der Waals surface area contributed by atoms with Crippen LogP contribution in [0, 0.1) is 28.6 Å². The number of nitriles is 1. The van der Waals surface area contributed by atoms with Crippen LogP contribution in [0.15, 0.2) is 12.2 Å². The molecule has 2 bridgehead atoms. The van der Waals surface area contributed by atoms with Gasteiger partial charge >= 0.3 is 5.97 Å². The maximum absolute atomic E-state index is 11.8. The lowest BCUT2D eigenvalue weighted by molar-refractivity contribution is -0.148. The van der Waals surface area contributed by atoms with Crippen LogP contribution in [-0.4, -0.2) is 24.8 Å². The molecule has 17 heavy (non-hydrogen) atoms. The van der Waals surface area contributed by atoms with E-state index in [-0.39, 0.29) is 30.0 Å². The van der Waals surface area contributed by atoms with Gasteiger partial charge < -0.3 is 9.47 Å². The molecule has 2 saturated carbocycles. The summed E-state index contributed by atoms with van der Waals surface area (Å²) in [5, 5.41) is 9.23. The van der Waals surface area contributed by atoms with Gasteiger partial charge in [-0.05, 0) is 25.7 Å². The van der Waals surface area contributed by atoms with Crippen LogP contribution in [0.1, 0.15) is 19.8 Å². The van der Waals surface area contributed by atoms with Crippen molar-refractivity contribution < 1.29 is 14.3 Å². The van der Waals surface area contributed by atoms with Gasteiger partial charge in [-0.25, -0.2) is 0 Å². The topological polar surface area (TPSA) is 59.3 Å². The summed E-state index contributed by atoms with van der Waals surface area (Å²) in [4.78, 5) is 11.8. The maximum atomic E-state index is 11.8. The standard InChI is InChI=1S/C13H15NO3/c1-7(2)5-16-10-8-3-9-11(10)17-12(15)13(9,4-8)6-14/h8-11H,1,3-5H2,2H3. The smallest absolute Gasteiger partial charge is 0.327 e. The number of carbonyl (C=O) groups excluding carboxylic acids is 1. The first-order chi connectivity index (χ1) is 8.08. The van der Waals surface area contributed by atoms with Gasteiger partial charge in [0.1, 0.15) is 6.10 Å². The fourth-order valence-corrected chi connectivity index (χ4v) is 3.59. The number of ether oxygens (including phenoxy) is 2. The quantitative estimate of drug-likeness (QED) is 0.546. The molecule has 0 radical (unpaired) electrons. The Kier molecular flexibility index (Phi) is 2.11. The van der Waals surface area contributed by atoms with Crippen molar-refractivity contribution in [1.29, 1.82) is 5.26 Å². The van der Waals surface area contributed by atoms with Crippen molar-refractivity contribution in [3.05, 3.63) is 12.2 Å². The highest BCUT2D eigenvalue weighted by atomic mass is 16.6. The average Bonchev–Trinajstić information content (AvgIpc) is 2.85. The van der Waals surface area contributed by atoms with Crippen LogP contribution in [-0.2, 0) is 14.3 Å². The lowest BCUT2D eigenvalue weighted by Gasteiger charge is -2.28. The number of carbonyl (C=O) groups is 1. The summed E-state index contributed by atoms with van der Waals surface area (Å²) < 4.78 is 11.1. The van der Waals surface area contributed by atoms with Crippen molar-refractivity contribution in [1.82, 2.24) is 0 Å². The summed E-state index contributed by atoms with van der Waals surface area (Å²) in [5.41, 5.74) is 0.0990. The zero-order valence-electron chi connectivity index (χ0n) is 9.81. The van der Waals surface area contributed by atoms with Gasteiger partial charge in [-0.2, -0.15) is 5.26 Å². The molecule has 1 saturated heterocycles. The van der Waals surface area contributed by atoms with Crippen LogP contribution in [0.5, 0.6) is 0 Å². The molecule has 3 rings (SSSR count). The van der Waals surface area contributed by atoms with E-state index in [9.17, 15) is 10.1 Å². The van der Waals surface area contributed by atoms with Gasteiger partial charge in [0.05, 0.1) is 18.8 Å². The molecule has 1 heterocycles. The minimum Gasteiger partial charge on any atom is -0.458 e. The van der Waals surface area contributed by atoms with Gasteiger partial charge in [-0.1, -0.05) is 12.2 Å². The third kappa shape index (κ3) is 1.23. The Labute approximate surface area is 100 Å². The first-order valence-corrected chi connectivity index (χ1v) is 5.97. The normalized spacial score (nSPS) is 45.8. The predicted octanol–water partition coefficient (Wildman–Crippen LogP) is 1.42. The largest absolute Gasteiger partial charge is 0.458 e. The van der Waals surface area contributed by atoms with Gasteiger partial charge in [-0.3, -0.25) is 4.79 Å². The Hall–Kier alpha value is -1.34. The number of fused-ring (bicyclic) bond motifs is 1. The van der Waals surface area contributed by atoms with Crippen LogP contribution in [0.4, 0.5) is 0 Å². The van der Waals surface area contributed by atoms with Crippen molar-refractivity contribution in [3.8, 4) is 6.07 Å². The van der Waals surface area contributed by atoms with E-state index in [2.05, 4.69) is 12.6 Å². The molecule has 0 N–H and O–H groups in total. The van der Waals surface area contributed by atoms with Crippen molar-refractivity contribution >= 4 is 5.97 Å². The molecular formula is C13H15NO3. The molecular weight excluding hydrogens is 218 g/mol. The molecule has 3 fully saturated rings. The Morgan fingerprint density at radius 1 is 1.76 bits per heavy atom. The molecule has 5 atom stereocenters. The van der Waals surface area contributed by atoms with Gasteiger partial charge in [0, 0.05) is 5.92 Å². The van der Waals surface area contributed by atoms with Crippen molar-refractivity contribution in [2.75, 3.05) is 6.61 Å². The van der Waals surface area contributed by atoms with Crippen LogP contribution in [0.25, 0.3) is 0 Å². The Bertz CT molecular complexity index is 438. The summed E-state index contributed by atoms with van der Waals surface area (Å²) in [6, 6.07) is 2.19. The van der Waals surface area contributed by atoms with Crippen LogP contribution < -0.4 is 0 Å². The van der Waals surface area contributed by atoms with Crippen LogP contribution in [0.3, 0.4) is 0 Å². The first kappa shape index (κ1) is 10.8. The Balaban J connectivity index is 1.82. The van der Waals surface area contributed by atoms with Crippen LogP contribution >= 0.6 is 0 Å². The van der Waals surface area contributed by atoms with E-state index in [1.807, 2.05) is 6.92 Å². The number of rotatable bonds is 3. The highest BCUT2D eigenvalue weighted by molar-refractivity contribution is 5.84. The second kappa shape index (κ2) is 3.33. The molecule has 0 aromatic heterocycles. The predicted molar refractivity (Wildman–Crippen MR) is 58.7 cm³/mol. The fourth-order valence-electron chi connectivity index (χ4n) is 3.59. The van der Waals surface area contributed by atoms with Gasteiger partial charge in [0.25, 0.3) is 0 Å². The van der Waals surface area contributed by atoms with Crippen molar-refractivity contribution in [2.45, 2.75) is 32.0 Å². The monoisotopic (exact) mass is 233 g/mol. The van der Waals surface area contributed by atoms with E-state index < -0.39 is 5.41 Å². The third-order valence-corrected chi connectivity index (χ3v) is 4.29. The van der Waals surface area contributed by atoms with Crippen molar-refractivity contribution in [3.63, 3.8) is 0 Å². The minimum absolute atomic E-state index is 0.0374. The lowest BCUT2D eigenvalue weighted by atomic mass is 9.75. The molecule has 90 valence electrons. The Morgan fingerprint density at radius 3 is 3.18 bits per heavy atom. The zero-order chi connectivity index (χ0) is 12.2. The van der Waals surface area contributed by atoms with Gasteiger partial charge in [0.15, 0.2) is 5.41 Å². The zero-order valence-corrected chi connectivity index (χ0v) is 9.81. The van der Waals surface area contributed by atoms with Crippen LogP contribution in [0.2, 0.25) is 0 Å². The SMILES string of the molecule is C=C(C)COC1C2CC3C1OC(=O)C3(C#N)C2. The molecule has 2 aliphatic carbocycles. The number of hydrogen-bond donors (Lipinski definition) is 0. The molecule has 4 heteroatoms. The molecule has 3 aliphatic rings. The second-order valence-corrected chi connectivity index (χ2v) is 5.49. The maximum Gasteiger partial charge on any atom is 0.327 e. The summed E-state index contributed by atoms with van der Waals surface area (Å²) in [6.45, 7) is 6.21. The minimum atomic E-state index is -0.863. The van der Waals surface area contributed by atoms with E-state index in [4.69, 9.17) is 9.47 Å². The summed E-state index contributed by atoms with van der Waals surface area (Å²) in [6.07, 6.45) is 1.24. The van der Waals surface area contributed by atoms with Crippen molar-refractivity contribution in [2.24, 2.45) is 17.3 Å². The van der Waals surface area contributed by atoms with Gasteiger partial charge in [0.2, 0.25) is 0 Å². The van der Waals surface area contributed by atoms with E-state index >= 15 is 0 Å². The lowest BCUT2D eigenvalue weighted by Crippen LogP contribution is -2.38. The fraction of sp³-hybridized carbons (Fsp3) is 0.692. The first-order valence-electron chi connectivity index (χ1n) is 5.97. The Morgan fingerprint density at radius 2 is 2.53 bits per heavy atom. The highest BCUT2D eigenvalue weighted by Crippen LogP contribution is 2.62. The number of hydrogen-bond acceptors (Lipinski definition) is 4. The molecule has 5 unspecified atom stereocenters. The molecule has 4 nitrogen and oxygen atoms in total. The molecule has 0 amide bonds. The summed E-state index contributed by atoms with van der Waals surface area (Å²) >= 11 is 0. The summed E-state index contributed by atoms with van der Waals surface area (Å²) in [5.74, 6) is -0.00510. The molecule has 0 spiro atoms. The second-order valence-electron chi connectivity index (χ2n) is 5.49. The number of nitrogens with zero attached hydrogens (tertiary/aromatic N) is 1. The highest BCUT2D eigenvalue weighted by Gasteiger charge is 2.71. The van der Waals surface area contributed by atoms with E-state index in [1.54, 1.807) is 0 Å². The summed E-state index contributed by atoms with van der Waals surface area (Å²) in [7, 11) is 0.